The van der Waals surface area contributed by atoms with E-state index in [1.54, 1.807) is 7.11 Å². The number of carbonyl (C=O) groups is 2. The molecule has 2 amide bonds. The zero-order valence-electron chi connectivity index (χ0n) is 14.8. The zero-order valence-corrected chi connectivity index (χ0v) is 14.8. The van der Waals surface area contributed by atoms with Gasteiger partial charge in [-0.2, -0.15) is 0 Å². The molecule has 0 spiro atoms. The summed E-state index contributed by atoms with van der Waals surface area (Å²) in [5.41, 5.74) is 1.41. The number of rotatable bonds is 7. The number of ether oxygens (including phenoxy) is 2. The fraction of sp³-hybridized carbons (Fsp3) is 0.333. The van der Waals surface area contributed by atoms with E-state index < -0.39 is 0 Å². The minimum absolute atomic E-state index is 0.212. The summed E-state index contributed by atoms with van der Waals surface area (Å²) in [6.07, 6.45) is -0.313. The lowest BCUT2D eigenvalue weighted by atomic mass is 10.1. The predicted molar refractivity (Wildman–Crippen MR) is 94.2 cm³/mol. The lowest BCUT2D eigenvalue weighted by Crippen LogP contribution is -2.23. The Morgan fingerprint density at radius 3 is 2.44 bits per heavy atom. The summed E-state index contributed by atoms with van der Waals surface area (Å²) < 4.78 is 11.1. The van der Waals surface area contributed by atoms with E-state index in [1.165, 1.54) is 13.1 Å². The molecule has 1 aromatic heterocycles. The average molecular weight is 345 g/mol. The van der Waals surface area contributed by atoms with Gasteiger partial charge in [-0.1, -0.05) is 12.1 Å². The second-order valence-corrected chi connectivity index (χ2v) is 5.39. The van der Waals surface area contributed by atoms with E-state index in [-0.39, 0.29) is 29.3 Å². The standard InChI is InChI=1S/C18H23N3O4/c1-5-20-17(22)14-10-15(16(21-14)18(23)19-3)25-11(2)12-6-8-13(24-4)9-7-12/h6-11,21H,5H2,1-4H3,(H,19,23)(H,20,22)/t11-/m0/s1. The number of carbonyl (C=O) groups excluding carboxylic acids is 2. The largest absolute Gasteiger partial charge is 0.497 e. The van der Waals surface area contributed by atoms with Gasteiger partial charge in [0.15, 0.2) is 5.75 Å². The van der Waals surface area contributed by atoms with Crippen LogP contribution in [0.15, 0.2) is 30.3 Å². The number of methoxy groups -OCH3 is 1. The molecule has 1 atom stereocenters. The molecule has 134 valence electrons. The van der Waals surface area contributed by atoms with Crippen molar-refractivity contribution >= 4 is 11.8 Å². The third-order valence-electron chi connectivity index (χ3n) is 3.71. The van der Waals surface area contributed by atoms with Crippen molar-refractivity contribution in [3.05, 3.63) is 47.3 Å². The van der Waals surface area contributed by atoms with Crippen LogP contribution in [0.2, 0.25) is 0 Å². The van der Waals surface area contributed by atoms with Gasteiger partial charge in [-0.05, 0) is 31.5 Å². The first-order valence-corrected chi connectivity index (χ1v) is 8.04. The number of nitrogens with one attached hydrogen (secondary N) is 3. The van der Waals surface area contributed by atoms with Gasteiger partial charge in [-0.25, -0.2) is 0 Å². The number of hydrogen-bond acceptors (Lipinski definition) is 4. The molecule has 0 fully saturated rings. The molecule has 0 unspecified atom stereocenters. The van der Waals surface area contributed by atoms with E-state index in [0.717, 1.165) is 11.3 Å². The summed E-state index contributed by atoms with van der Waals surface area (Å²) in [5, 5.41) is 5.22. The molecule has 0 bridgehead atoms. The summed E-state index contributed by atoms with van der Waals surface area (Å²) in [4.78, 5) is 26.9. The lowest BCUT2D eigenvalue weighted by Gasteiger charge is -2.15. The highest BCUT2D eigenvalue weighted by Gasteiger charge is 2.21. The van der Waals surface area contributed by atoms with Crippen molar-refractivity contribution < 1.29 is 19.1 Å². The third-order valence-corrected chi connectivity index (χ3v) is 3.71. The lowest BCUT2D eigenvalue weighted by molar-refractivity contribution is 0.0951. The molecule has 0 saturated heterocycles. The van der Waals surface area contributed by atoms with E-state index in [2.05, 4.69) is 15.6 Å². The molecule has 2 aromatic rings. The van der Waals surface area contributed by atoms with Crippen LogP contribution in [0.5, 0.6) is 11.5 Å². The summed E-state index contributed by atoms with van der Waals surface area (Å²) in [6.45, 7) is 4.18. The Morgan fingerprint density at radius 1 is 1.20 bits per heavy atom. The topological polar surface area (TPSA) is 92.4 Å². The summed E-state index contributed by atoms with van der Waals surface area (Å²) in [5.74, 6) is 0.429. The van der Waals surface area contributed by atoms with Crippen LogP contribution in [0.25, 0.3) is 0 Å². The Morgan fingerprint density at radius 2 is 1.88 bits per heavy atom. The first-order valence-electron chi connectivity index (χ1n) is 8.04. The second-order valence-electron chi connectivity index (χ2n) is 5.39. The van der Waals surface area contributed by atoms with Gasteiger partial charge in [0.25, 0.3) is 11.8 Å². The minimum atomic E-state index is -0.354. The van der Waals surface area contributed by atoms with Crippen LogP contribution in [-0.4, -0.2) is 37.5 Å². The maximum atomic E-state index is 12.1. The Kier molecular flexibility index (Phi) is 6.05. The van der Waals surface area contributed by atoms with Crippen LogP contribution in [-0.2, 0) is 0 Å². The Labute approximate surface area is 146 Å². The maximum absolute atomic E-state index is 12.1. The Balaban J connectivity index is 2.26. The molecule has 0 radical (unpaired) electrons. The van der Waals surface area contributed by atoms with Gasteiger partial charge < -0.3 is 25.1 Å². The highest BCUT2D eigenvalue weighted by molar-refractivity contribution is 5.99. The molecular formula is C18H23N3O4. The average Bonchev–Trinajstić information content (AvgIpc) is 3.05. The highest BCUT2D eigenvalue weighted by Crippen LogP contribution is 2.27. The van der Waals surface area contributed by atoms with Crippen molar-refractivity contribution in [2.24, 2.45) is 0 Å². The number of H-pyrrole nitrogens is 1. The number of aromatic nitrogens is 1. The van der Waals surface area contributed by atoms with Gasteiger partial charge in [-0.3, -0.25) is 9.59 Å². The number of amides is 2. The van der Waals surface area contributed by atoms with E-state index in [4.69, 9.17) is 9.47 Å². The highest BCUT2D eigenvalue weighted by atomic mass is 16.5. The Bertz CT molecular complexity index is 737. The van der Waals surface area contributed by atoms with Crippen molar-refractivity contribution in [3.63, 3.8) is 0 Å². The summed E-state index contributed by atoms with van der Waals surface area (Å²) in [7, 11) is 3.12. The molecule has 0 aliphatic heterocycles. The molecule has 25 heavy (non-hydrogen) atoms. The van der Waals surface area contributed by atoms with Crippen molar-refractivity contribution in [2.75, 3.05) is 20.7 Å². The molecular weight excluding hydrogens is 322 g/mol. The smallest absolute Gasteiger partial charge is 0.271 e. The van der Waals surface area contributed by atoms with E-state index >= 15 is 0 Å². The maximum Gasteiger partial charge on any atom is 0.271 e. The van der Waals surface area contributed by atoms with E-state index in [1.807, 2.05) is 38.1 Å². The predicted octanol–water partition coefficient (Wildman–Crippen LogP) is 2.27. The molecule has 1 aromatic carbocycles. The van der Waals surface area contributed by atoms with Crippen molar-refractivity contribution in [3.8, 4) is 11.5 Å². The Hall–Kier alpha value is -2.96. The molecule has 0 saturated carbocycles. The SMILES string of the molecule is CCNC(=O)c1cc(O[C@@H](C)c2ccc(OC)cc2)c(C(=O)NC)[nH]1. The van der Waals surface area contributed by atoms with Gasteiger partial charge in [-0.15, -0.1) is 0 Å². The van der Waals surface area contributed by atoms with Crippen LogP contribution >= 0.6 is 0 Å². The van der Waals surface area contributed by atoms with Gasteiger partial charge in [0.2, 0.25) is 0 Å². The van der Waals surface area contributed by atoms with Gasteiger partial charge in [0.05, 0.1) is 7.11 Å². The summed E-state index contributed by atoms with van der Waals surface area (Å²) in [6, 6.07) is 8.99. The van der Waals surface area contributed by atoms with Crippen LogP contribution in [0.4, 0.5) is 0 Å². The zero-order chi connectivity index (χ0) is 18.4. The number of aromatic amines is 1. The molecule has 2 rings (SSSR count). The molecule has 1 heterocycles. The van der Waals surface area contributed by atoms with Gasteiger partial charge >= 0.3 is 0 Å². The number of hydrogen-bond donors (Lipinski definition) is 3. The normalized spacial score (nSPS) is 11.5. The minimum Gasteiger partial charge on any atom is -0.497 e. The first-order chi connectivity index (χ1) is 12.0. The molecule has 0 aliphatic carbocycles. The van der Waals surface area contributed by atoms with Crippen LogP contribution in [0.3, 0.4) is 0 Å². The van der Waals surface area contributed by atoms with Crippen molar-refractivity contribution in [2.45, 2.75) is 20.0 Å². The summed E-state index contributed by atoms with van der Waals surface area (Å²) >= 11 is 0. The molecule has 7 heteroatoms. The molecule has 0 aliphatic rings. The van der Waals surface area contributed by atoms with Crippen molar-refractivity contribution in [1.82, 2.24) is 15.6 Å². The fourth-order valence-corrected chi connectivity index (χ4v) is 2.33. The van der Waals surface area contributed by atoms with Crippen LogP contribution < -0.4 is 20.1 Å². The third kappa shape index (κ3) is 4.32. The van der Waals surface area contributed by atoms with E-state index in [9.17, 15) is 9.59 Å². The quantitative estimate of drug-likeness (QED) is 0.718. The molecule has 7 nitrogen and oxygen atoms in total. The van der Waals surface area contributed by atoms with Gasteiger partial charge in [0, 0.05) is 19.7 Å². The second kappa shape index (κ2) is 8.23. The number of benzene rings is 1. The van der Waals surface area contributed by atoms with E-state index in [0.29, 0.717) is 12.3 Å². The van der Waals surface area contributed by atoms with Gasteiger partial charge in [0.1, 0.15) is 23.2 Å². The first kappa shape index (κ1) is 18.4. The molecule has 3 N–H and O–H groups in total. The van der Waals surface area contributed by atoms with Crippen molar-refractivity contribution in [1.29, 1.82) is 0 Å². The van der Waals surface area contributed by atoms with Crippen LogP contribution in [0, 0.1) is 0 Å². The van der Waals surface area contributed by atoms with Crippen LogP contribution in [0.1, 0.15) is 46.5 Å². The monoisotopic (exact) mass is 345 g/mol. The fourth-order valence-electron chi connectivity index (χ4n) is 2.33.